The molecule has 0 N–H and O–H groups in total. The number of furan rings is 1. The molecule has 216 valence electrons. The first-order chi connectivity index (χ1) is 20.0. The van der Waals surface area contributed by atoms with Gasteiger partial charge in [0.1, 0.15) is 23.9 Å². The molecule has 2 aliphatic rings. The van der Waals surface area contributed by atoms with Crippen LogP contribution in [0.4, 0.5) is 4.39 Å². The molecule has 0 bridgehead atoms. The SMILES string of the molecule is COc1ccc(OC)c(C2CC(c3ccccc3F)=NN2C(=O)CN(CCN2CCOCC2)C(=O)c2ccco2)c1. The molecule has 1 unspecified atom stereocenters. The maximum Gasteiger partial charge on any atom is 0.290 e. The van der Waals surface area contributed by atoms with Gasteiger partial charge in [-0.3, -0.25) is 14.5 Å². The van der Waals surface area contributed by atoms with Crippen molar-refractivity contribution < 1.29 is 32.6 Å². The van der Waals surface area contributed by atoms with E-state index < -0.39 is 23.7 Å². The molecule has 3 aromatic rings. The third kappa shape index (κ3) is 6.41. The molecule has 1 aromatic heterocycles. The van der Waals surface area contributed by atoms with Crippen LogP contribution < -0.4 is 9.47 Å². The predicted molar refractivity (Wildman–Crippen MR) is 149 cm³/mol. The fraction of sp³-hybridized carbons (Fsp3) is 0.367. The van der Waals surface area contributed by atoms with Gasteiger partial charge in [-0.15, -0.1) is 0 Å². The van der Waals surface area contributed by atoms with E-state index in [9.17, 15) is 14.0 Å². The van der Waals surface area contributed by atoms with Crippen molar-refractivity contribution in [1.82, 2.24) is 14.8 Å². The Kier molecular flexibility index (Phi) is 8.95. The van der Waals surface area contributed by atoms with Crippen LogP contribution >= 0.6 is 0 Å². The van der Waals surface area contributed by atoms with Crippen LogP contribution in [0, 0.1) is 5.82 Å². The van der Waals surface area contributed by atoms with Crippen LogP contribution in [0.2, 0.25) is 0 Å². The number of rotatable bonds is 10. The Bertz CT molecular complexity index is 1390. The largest absolute Gasteiger partial charge is 0.497 e. The molecular formula is C30H33FN4O6. The molecule has 2 aliphatic heterocycles. The Morgan fingerprint density at radius 1 is 1.07 bits per heavy atom. The molecule has 0 spiro atoms. The number of carbonyl (C=O) groups excluding carboxylic acids is 2. The second kappa shape index (κ2) is 13.0. The van der Waals surface area contributed by atoms with Gasteiger partial charge in [0.2, 0.25) is 0 Å². The lowest BCUT2D eigenvalue weighted by molar-refractivity contribution is -0.133. The number of ether oxygens (including phenoxy) is 3. The Morgan fingerprint density at radius 3 is 2.59 bits per heavy atom. The molecule has 5 rings (SSSR count). The first kappa shape index (κ1) is 28.3. The molecule has 41 heavy (non-hydrogen) atoms. The summed E-state index contributed by atoms with van der Waals surface area (Å²) in [6.07, 6.45) is 1.67. The van der Waals surface area contributed by atoms with Crippen molar-refractivity contribution in [2.24, 2.45) is 5.10 Å². The third-order valence-corrected chi connectivity index (χ3v) is 7.28. The molecule has 0 radical (unpaired) electrons. The fourth-order valence-corrected chi connectivity index (χ4v) is 5.07. The zero-order valence-corrected chi connectivity index (χ0v) is 23.1. The molecule has 3 heterocycles. The molecule has 11 heteroatoms. The Hall–Kier alpha value is -4.22. The minimum atomic E-state index is -0.609. The quantitative estimate of drug-likeness (QED) is 0.371. The Labute approximate surface area is 237 Å². The van der Waals surface area contributed by atoms with Gasteiger partial charge in [0.25, 0.3) is 11.8 Å². The van der Waals surface area contributed by atoms with Crippen LogP contribution in [0.3, 0.4) is 0 Å². The molecule has 1 atom stereocenters. The number of hydrogen-bond donors (Lipinski definition) is 0. The molecular weight excluding hydrogens is 531 g/mol. The van der Waals surface area contributed by atoms with Crippen LogP contribution in [0.1, 0.15) is 34.1 Å². The zero-order valence-electron chi connectivity index (χ0n) is 23.1. The number of morpholine rings is 1. The van der Waals surface area contributed by atoms with E-state index in [1.165, 1.54) is 22.2 Å². The molecule has 1 fully saturated rings. The van der Waals surface area contributed by atoms with Crippen molar-refractivity contribution in [3.05, 3.63) is 83.6 Å². The smallest absolute Gasteiger partial charge is 0.290 e. The molecule has 10 nitrogen and oxygen atoms in total. The number of amides is 2. The fourth-order valence-electron chi connectivity index (χ4n) is 5.07. The Balaban J connectivity index is 1.46. The molecule has 2 amide bonds. The summed E-state index contributed by atoms with van der Waals surface area (Å²) in [5.74, 6) is -0.000355. The summed E-state index contributed by atoms with van der Waals surface area (Å²) in [7, 11) is 3.09. The van der Waals surface area contributed by atoms with Crippen molar-refractivity contribution in [2.75, 3.05) is 60.2 Å². The summed E-state index contributed by atoms with van der Waals surface area (Å²) >= 11 is 0. The number of hydrazone groups is 1. The summed E-state index contributed by atoms with van der Waals surface area (Å²) in [4.78, 5) is 31.0. The van der Waals surface area contributed by atoms with Gasteiger partial charge in [0, 0.05) is 43.7 Å². The lowest BCUT2D eigenvalue weighted by atomic mass is 9.97. The minimum Gasteiger partial charge on any atom is -0.497 e. The van der Waals surface area contributed by atoms with E-state index in [0.29, 0.717) is 54.6 Å². The Morgan fingerprint density at radius 2 is 1.88 bits per heavy atom. The van der Waals surface area contributed by atoms with Gasteiger partial charge in [0.15, 0.2) is 5.76 Å². The van der Waals surface area contributed by atoms with Gasteiger partial charge in [0.05, 0.1) is 45.5 Å². The topological polar surface area (TPSA) is 97.0 Å². The minimum absolute atomic E-state index is 0.141. The van der Waals surface area contributed by atoms with Crippen LogP contribution in [-0.4, -0.2) is 92.5 Å². The van der Waals surface area contributed by atoms with E-state index in [4.69, 9.17) is 18.6 Å². The van der Waals surface area contributed by atoms with Crippen molar-refractivity contribution in [3.8, 4) is 11.5 Å². The van der Waals surface area contributed by atoms with E-state index >= 15 is 0 Å². The van der Waals surface area contributed by atoms with E-state index in [1.54, 1.807) is 62.8 Å². The van der Waals surface area contributed by atoms with Crippen molar-refractivity contribution in [3.63, 3.8) is 0 Å². The standard InChI is InChI=1S/C30H33FN4O6/c1-38-21-9-10-27(39-2)23(18-21)26-19-25(22-6-3-4-7-24(22)31)32-35(26)29(36)20-34(30(37)28-8-5-15-41-28)12-11-33-13-16-40-17-14-33/h3-10,15,18,26H,11-14,16-17,19-20H2,1-2H3. The average molecular weight is 565 g/mol. The predicted octanol–water partition coefficient (Wildman–Crippen LogP) is 3.59. The van der Waals surface area contributed by atoms with Gasteiger partial charge in [-0.25, -0.2) is 9.40 Å². The number of methoxy groups -OCH3 is 2. The normalized spacial score (nSPS) is 17.3. The van der Waals surface area contributed by atoms with Gasteiger partial charge in [-0.1, -0.05) is 18.2 Å². The average Bonchev–Trinajstić information content (AvgIpc) is 3.70. The van der Waals surface area contributed by atoms with Crippen LogP contribution in [0.15, 0.2) is 70.4 Å². The number of carbonyl (C=O) groups is 2. The summed E-state index contributed by atoms with van der Waals surface area (Å²) in [6, 6.07) is 14.2. The van der Waals surface area contributed by atoms with E-state index in [1.807, 2.05) is 0 Å². The molecule has 2 aromatic carbocycles. The number of benzene rings is 2. The maximum atomic E-state index is 14.8. The second-order valence-corrected chi connectivity index (χ2v) is 9.75. The van der Waals surface area contributed by atoms with Gasteiger partial charge in [-0.05, 0) is 36.4 Å². The van der Waals surface area contributed by atoms with Gasteiger partial charge < -0.3 is 23.5 Å². The van der Waals surface area contributed by atoms with E-state index in [2.05, 4.69) is 10.0 Å². The molecule has 0 aliphatic carbocycles. The van der Waals surface area contributed by atoms with Crippen LogP contribution in [0.5, 0.6) is 11.5 Å². The van der Waals surface area contributed by atoms with Crippen molar-refractivity contribution in [2.45, 2.75) is 12.5 Å². The van der Waals surface area contributed by atoms with E-state index in [-0.39, 0.29) is 18.7 Å². The van der Waals surface area contributed by atoms with Gasteiger partial charge >= 0.3 is 0 Å². The summed E-state index contributed by atoms with van der Waals surface area (Å²) < 4.78 is 36.6. The third-order valence-electron chi connectivity index (χ3n) is 7.28. The van der Waals surface area contributed by atoms with Crippen LogP contribution in [0.25, 0.3) is 0 Å². The molecule has 0 saturated carbocycles. The van der Waals surface area contributed by atoms with E-state index in [0.717, 1.165) is 13.1 Å². The summed E-state index contributed by atoms with van der Waals surface area (Å²) in [5, 5.41) is 5.94. The summed E-state index contributed by atoms with van der Waals surface area (Å²) in [5.41, 5.74) is 1.39. The monoisotopic (exact) mass is 564 g/mol. The number of halogens is 1. The highest BCUT2D eigenvalue weighted by Gasteiger charge is 2.37. The lowest BCUT2D eigenvalue weighted by Gasteiger charge is -2.31. The molecule has 1 saturated heterocycles. The van der Waals surface area contributed by atoms with Crippen molar-refractivity contribution >= 4 is 17.5 Å². The highest BCUT2D eigenvalue weighted by atomic mass is 19.1. The highest BCUT2D eigenvalue weighted by Crippen LogP contribution is 2.39. The maximum absolute atomic E-state index is 14.8. The van der Waals surface area contributed by atoms with Crippen LogP contribution in [-0.2, 0) is 9.53 Å². The van der Waals surface area contributed by atoms with Gasteiger partial charge in [-0.2, -0.15) is 5.10 Å². The zero-order chi connectivity index (χ0) is 28.8. The highest BCUT2D eigenvalue weighted by molar-refractivity contribution is 6.04. The lowest BCUT2D eigenvalue weighted by Crippen LogP contribution is -2.46. The second-order valence-electron chi connectivity index (χ2n) is 9.75. The first-order valence-corrected chi connectivity index (χ1v) is 13.5. The number of nitrogens with zero attached hydrogens (tertiary/aromatic N) is 4. The first-order valence-electron chi connectivity index (χ1n) is 13.5. The summed E-state index contributed by atoms with van der Waals surface area (Å²) in [6.45, 7) is 3.36. The van der Waals surface area contributed by atoms with Crippen molar-refractivity contribution in [1.29, 1.82) is 0 Å². The number of hydrogen-bond acceptors (Lipinski definition) is 8.